The zero-order valence-corrected chi connectivity index (χ0v) is 11.0. The average Bonchev–Trinajstić information content (AvgIpc) is 2.98. The number of nitrogens with one attached hydrogen (secondary N) is 1. The Morgan fingerprint density at radius 3 is 2.61 bits per heavy atom. The predicted molar refractivity (Wildman–Crippen MR) is 71.9 cm³/mol. The summed E-state index contributed by atoms with van der Waals surface area (Å²) in [5.74, 6) is 2.70. The summed E-state index contributed by atoms with van der Waals surface area (Å²) in [6, 6.07) is 7.67. The summed E-state index contributed by atoms with van der Waals surface area (Å²) >= 11 is 0. The van der Waals surface area contributed by atoms with Crippen LogP contribution in [-0.4, -0.2) is 12.6 Å². The van der Waals surface area contributed by atoms with Crippen LogP contribution in [0.15, 0.2) is 24.3 Å². The van der Waals surface area contributed by atoms with Crippen LogP contribution in [0.2, 0.25) is 0 Å². The first-order valence-corrected chi connectivity index (χ1v) is 7.24. The van der Waals surface area contributed by atoms with Gasteiger partial charge in [-0.25, -0.2) is 4.39 Å². The first-order chi connectivity index (χ1) is 8.78. The molecule has 3 rings (SSSR count). The molecule has 0 heterocycles. The third-order valence-corrected chi connectivity index (χ3v) is 4.71. The van der Waals surface area contributed by atoms with Gasteiger partial charge in [0.05, 0.1) is 0 Å². The zero-order chi connectivity index (χ0) is 12.5. The van der Waals surface area contributed by atoms with Crippen LogP contribution in [0.25, 0.3) is 0 Å². The van der Waals surface area contributed by atoms with Gasteiger partial charge in [0.2, 0.25) is 0 Å². The third kappa shape index (κ3) is 2.44. The molecule has 0 radical (unpaired) electrons. The molecule has 1 aromatic carbocycles. The second kappa shape index (κ2) is 5.00. The van der Waals surface area contributed by atoms with Crippen molar-refractivity contribution in [2.24, 2.45) is 17.8 Å². The highest BCUT2D eigenvalue weighted by Crippen LogP contribution is 2.55. The molecule has 0 saturated heterocycles. The van der Waals surface area contributed by atoms with Crippen molar-refractivity contribution < 1.29 is 4.39 Å². The Kier molecular flexibility index (Phi) is 3.38. The number of halogens is 1. The van der Waals surface area contributed by atoms with Crippen molar-refractivity contribution >= 4 is 0 Å². The highest BCUT2D eigenvalue weighted by molar-refractivity contribution is 5.19. The Hall–Kier alpha value is -0.890. The van der Waals surface area contributed by atoms with Crippen LogP contribution < -0.4 is 5.32 Å². The third-order valence-electron chi connectivity index (χ3n) is 4.71. The van der Waals surface area contributed by atoms with E-state index in [0.29, 0.717) is 6.04 Å². The molecular formula is C16H22FN. The van der Waals surface area contributed by atoms with Gasteiger partial charge in [0.25, 0.3) is 0 Å². The first-order valence-electron chi connectivity index (χ1n) is 7.24. The smallest absolute Gasteiger partial charge is 0.126 e. The van der Waals surface area contributed by atoms with Gasteiger partial charge in [-0.1, -0.05) is 25.1 Å². The maximum Gasteiger partial charge on any atom is 0.126 e. The van der Waals surface area contributed by atoms with E-state index < -0.39 is 0 Å². The van der Waals surface area contributed by atoms with Gasteiger partial charge in [0, 0.05) is 6.04 Å². The van der Waals surface area contributed by atoms with Gasteiger partial charge in [-0.15, -0.1) is 0 Å². The van der Waals surface area contributed by atoms with E-state index in [-0.39, 0.29) is 5.82 Å². The van der Waals surface area contributed by atoms with Crippen molar-refractivity contribution in [1.82, 2.24) is 5.32 Å². The first kappa shape index (κ1) is 12.2. The summed E-state index contributed by atoms with van der Waals surface area (Å²) in [7, 11) is 0. The topological polar surface area (TPSA) is 12.0 Å². The summed E-state index contributed by atoms with van der Waals surface area (Å²) < 4.78 is 13.7. The van der Waals surface area contributed by atoms with E-state index in [1.807, 2.05) is 12.1 Å². The van der Waals surface area contributed by atoms with Gasteiger partial charge in [0.15, 0.2) is 0 Å². The normalized spacial score (nSPS) is 31.1. The highest BCUT2D eigenvalue weighted by atomic mass is 19.1. The number of rotatable bonds is 5. The second-order valence-electron chi connectivity index (χ2n) is 5.95. The Morgan fingerprint density at radius 1 is 1.22 bits per heavy atom. The maximum absolute atomic E-state index is 13.7. The Bertz CT molecular complexity index is 407. The quantitative estimate of drug-likeness (QED) is 0.841. The lowest BCUT2D eigenvalue weighted by Gasteiger charge is -2.26. The van der Waals surface area contributed by atoms with E-state index in [2.05, 4.69) is 12.2 Å². The van der Waals surface area contributed by atoms with E-state index in [1.165, 1.54) is 19.3 Å². The molecule has 2 fully saturated rings. The molecule has 18 heavy (non-hydrogen) atoms. The molecule has 0 aliphatic heterocycles. The summed E-state index contributed by atoms with van der Waals surface area (Å²) in [6.07, 6.45) is 5.01. The average molecular weight is 247 g/mol. The van der Waals surface area contributed by atoms with Crippen LogP contribution in [0.3, 0.4) is 0 Å². The van der Waals surface area contributed by atoms with Crippen LogP contribution in [-0.2, 0) is 6.42 Å². The van der Waals surface area contributed by atoms with Crippen LogP contribution in [0.1, 0.15) is 31.7 Å². The summed E-state index contributed by atoms with van der Waals surface area (Å²) in [6.45, 7) is 3.12. The molecule has 2 aliphatic carbocycles. The minimum absolute atomic E-state index is 0.0523. The fourth-order valence-electron chi connectivity index (χ4n) is 3.66. The number of hydrogen-bond acceptors (Lipinski definition) is 1. The zero-order valence-electron chi connectivity index (χ0n) is 11.0. The van der Waals surface area contributed by atoms with Gasteiger partial charge >= 0.3 is 0 Å². The van der Waals surface area contributed by atoms with Crippen molar-refractivity contribution in [3.8, 4) is 0 Å². The number of benzene rings is 1. The SMILES string of the molecule is CCNC(Cc1ccccc1F)C1CC2CC2C1. The highest BCUT2D eigenvalue weighted by Gasteiger charge is 2.47. The molecule has 0 bridgehead atoms. The van der Waals surface area contributed by atoms with E-state index in [0.717, 1.165) is 36.3 Å². The molecular weight excluding hydrogens is 225 g/mol. The van der Waals surface area contributed by atoms with Crippen molar-refractivity contribution in [2.75, 3.05) is 6.54 Å². The van der Waals surface area contributed by atoms with Crippen LogP contribution >= 0.6 is 0 Å². The Balaban J connectivity index is 1.68. The fraction of sp³-hybridized carbons (Fsp3) is 0.625. The maximum atomic E-state index is 13.7. The molecule has 0 spiro atoms. The molecule has 1 nitrogen and oxygen atoms in total. The minimum Gasteiger partial charge on any atom is -0.314 e. The largest absolute Gasteiger partial charge is 0.314 e. The molecule has 98 valence electrons. The monoisotopic (exact) mass is 247 g/mol. The number of hydrogen-bond donors (Lipinski definition) is 1. The fourth-order valence-corrected chi connectivity index (χ4v) is 3.66. The van der Waals surface area contributed by atoms with E-state index >= 15 is 0 Å². The summed E-state index contributed by atoms with van der Waals surface area (Å²) in [5.41, 5.74) is 0.865. The lowest BCUT2D eigenvalue weighted by molar-refractivity contribution is 0.334. The standard InChI is InChI=1S/C16H22FN/c1-2-18-16(14-8-12-7-13(12)9-14)10-11-5-3-4-6-15(11)17/h3-6,12-14,16,18H,2,7-10H2,1H3. The van der Waals surface area contributed by atoms with Crippen molar-refractivity contribution in [2.45, 2.75) is 38.6 Å². The van der Waals surface area contributed by atoms with Gasteiger partial charge in [-0.05, 0) is 61.6 Å². The van der Waals surface area contributed by atoms with Gasteiger partial charge in [0.1, 0.15) is 5.82 Å². The second-order valence-corrected chi connectivity index (χ2v) is 5.95. The predicted octanol–water partition coefficient (Wildman–Crippen LogP) is 3.39. The Labute approximate surface area is 109 Å². The van der Waals surface area contributed by atoms with Crippen LogP contribution in [0.5, 0.6) is 0 Å². The van der Waals surface area contributed by atoms with Gasteiger partial charge < -0.3 is 5.32 Å². The van der Waals surface area contributed by atoms with Crippen molar-refractivity contribution in [3.05, 3.63) is 35.6 Å². The number of fused-ring (bicyclic) bond motifs is 1. The van der Waals surface area contributed by atoms with Gasteiger partial charge in [-0.3, -0.25) is 0 Å². The molecule has 3 unspecified atom stereocenters. The van der Waals surface area contributed by atoms with Crippen molar-refractivity contribution in [1.29, 1.82) is 0 Å². The summed E-state index contributed by atoms with van der Waals surface area (Å²) in [5, 5.41) is 3.57. The molecule has 2 heteroatoms. The van der Waals surface area contributed by atoms with E-state index in [9.17, 15) is 4.39 Å². The lowest BCUT2D eigenvalue weighted by atomic mass is 9.89. The molecule has 3 atom stereocenters. The molecule has 2 saturated carbocycles. The van der Waals surface area contributed by atoms with Gasteiger partial charge in [-0.2, -0.15) is 0 Å². The molecule has 0 amide bonds. The molecule has 0 aromatic heterocycles. The number of likely N-dealkylation sites (N-methyl/N-ethyl adjacent to an activating group) is 1. The van der Waals surface area contributed by atoms with Crippen molar-refractivity contribution in [3.63, 3.8) is 0 Å². The van der Waals surface area contributed by atoms with Crippen LogP contribution in [0, 0.1) is 23.6 Å². The van der Waals surface area contributed by atoms with E-state index in [4.69, 9.17) is 0 Å². The van der Waals surface area contributed by atoms with Crippen LogP contribution in [0.4, 0.5) is 4.39 Å². The lowest BCUT2D eigenvalue weighted by Crippen LogP contribution is -2.37. The summed E-state index contributed by atoms with van der Waals surface area (Å²) in [4.78, 5) is 0. The molecule has 1 N–H and O–H groups in total. The van der Waals surface area contributed by atoms with E-state index in [1.54, 1.807) is 12.1 Å². The molecule has 1 aromatic rings. The minimum atomic E-state index is -0.0523. The Morgan fingerprint density at radius 2 is 1.94 bits per heavy atom. The molecule has 2 aliphatic rings.